The Hall–Kier alpha value is -3.08. The van der Waals surface area contributed by atoms with Crippen LogP contribution in [0.25, 0.3) is 11.0 Å². The Morgan fingerprint density at radius 3 is 2.53 bits per heavy atom. The Morgan fingerprint density at radius 2 is 1.77 bits per heavy atom. The largest absolute Gasteiger partial charge is 0.459 e. The average Bonchev–Trinajstić information content (AvgIpc) is 3.12. The van der Waals surface area contributed by atoms with Gasteiger partial charge in [0.25, 0.3) is 0 Å². The third-order valence-electron chi connectivity index (χ3n) is 6.27. The van der Waals surface area contributed by atoms with Gasteiger partial charge in [-0.25, -0.2) is 9.78 Å². The number of rotatable bonds is 3. The highest BCUT2D eigenvalue weighted by molar-refractivity contribution is 5.94. The zero-order valence-electron chi connectivity index (χ0n) is 17.5. The highest BCUT2D eigenvalue weighted by Gasteiger charge is 2.35. The van der Waals surface area contributed by atoms with Crippen molar-refractivity contribution in [2.45, 2.75) is 58.1 Å². The number of nitrogens with one attached hydrogen (secondary N) is 1. The zero-order chi connectivity index (χ0) is 20.7. The van der Waals surface area contributed by atoms with E-state index in [2.05, 4.69) is 47.1 Å². The summed E-state index contributed by atoms with van der Waals surface area (Å²) in [5, 5.41) is 3.36. The lowest BCUT2D eigenvalue weighted by atomic mass is 9.93. The van der Waals surface area contributed by atoms with Crippen molar-refractivity contribution in [3.63, 3.8) is 0 Å². The standard InChI is InChI=1S/C25H27N3O2/c1-16-12-14-18(15-13-16)23-22(24(29)30-19-8-4-3-5-9-19)17(2)26-25-27-20-10-6-7-11-21(20)28(23)25/h6-7,10-15,19,23H,3-5,8-9H2,1-2H3,(H,26,27). The van der Waals surface area contributed by atoms with E-state index in [9.17, 15) is 4.79 Å². The maximum Gasteiger partial charge on any atom is 0.338 e. The number of aromatic nitrogens is 2. The van der Waals surface area contributed by atoms with Crippen LogP contribution in [-0.2, 0) is 9.53 Å². The van der Waals surface area contributed by atoms with Crippen LogP contribution in [0, 0.1) is 6.92 Å². The number of anilines is 1. The molecule has 1 fully saturated rings. The number of benzene rings is 2. The van der Waals surface area contributed by atoms with Gasteiger partial charge in [-0.1, -0.05) is 48.4 Å². The molecule has 1 aromatic heterocycles. The van der Waals surface area contributed by atoms with Gasteiger partial charge < -0.3 is 10.1 Å². The van der Waals surface area contributed by atoms with Crippen LogP contribution < -0.4 is 5.32 Å². The summed E-state index contributed by atoms with van der Waals surface area (Å²) in [4.78, 5) is 18.2. The number of allylic oxidation sites excluding steroid dienone is 1. The second-order valence-corrected chi connectivity index (χ2v) is 8.44. The molecule has 1 saturated carbocycles. The monoisotopic (exact) mass is 401 g/mol. The fourth-order valence-electron chi connectivity index (χ4n) is 4.69. The minimum atomic E-state index is -0.273. The molecule has 0 radical (unpaired) electrons. The second kappa shape index (κ2) is 7.63. The Morgan fingerprint density at radius 1 is 1.03 bits per heavy atom. The van der Waals surface area contributed by atoms with Crippen LogP contribution in [0.5, 0.6) is 0 Å². The molecule has 1 unspecified atom stereocenters. The van der Waals surface area contributed by atoms with E-state index in [1.807, 2.05) is 25.1 Å². The zero-order valence-corrected chi connectivity index (χ0v) is 17.5. The molecular weight excluding hydrogens is 374 g/mol. The summed E-state index contributed by atoms with van der Waals surface area (Å²) in [6, 6.07) is 16.2. The van der Waals surface area contributed by atoms with Crippen molar-refractivity contribution in [2.75, 3.05) is 5.32 Å². The molecule has 154 valence electrons. The predicted octanol–water partition coefficient (Wildman–Crippen LogP) is 5.51. The topological polar surface area (TPSA) is 56.2 Å². The lowest BCUT2D eigenvalue weighted by Crippen LogP contribution is -2.31. The fraction of sp³-hybridized carbons (Fsp3) is 0.360. The van der Waals surface area contributed by atoms with E-state index in [0.29, 0.717) is 5.57 Å². The minimum Gasteiger partial charge on any atom is -0.459 e. The van der Waals surface area contributed by atoms with E-state index in [1.54, 1.807) is 0 Å². The van der Waals surface area contributed by atoms with Crippen molar-refractivity contribution in [1.29, 1.82) is 0 Å². The molecule has 0 saturated heterocycles. The number of esters is 1. The third kappa shape index (κ3) is 3.28. The van der Waals surface area contributed by atoms with Gasteiger partial charge in [0, 0.05) is 5.70 Å². The van der Waals surface area contributed by atoms with Gasteiger partial charge in [0.05, 0.1) is 22.6 Å². The number of carbonyl (C=O) groups is 1. The molecule has 30 heavy (non-hydrogen) atoms. The molecule has 0 bridgehead atoms. The maximum atomic E-state index is 13.4. The SMILES string of the molecule is CC1=C(C(=O)OC2CCCCC2)C(c2ccc(C)cc2)n2c(nc3ccccc32)N1. The molecule has 1 N–H and O–H groups in total. The van der Waals surface area contributed by atoms with E-state index >= 15 is 0 Å². The highest BCUT2D eigenvalue weighted by atomic mass is 16.5. The van der Waals surface area contributed by atoms with E-state index in [0.717, 1.165) is 53.9 Å². The van der Waals surface area contributed by atoms with Crippen LogP contribution in [0.2, 0.25) is 0 Å². The Bertz CT molecular complexity index is 1120. The van der Waals surface area contributed by atoms with Gasteiger partial charge in [-0.15, -0.1) is 0 Å². The number of fused-ring (bicyclic) bond motifs is 3. The lowest BCUT2D eigenvalue weighted by molar-refractivity contribution is -0.146. The van der Waals surface area contributed by atoms with Gasteiger partial charge >= 0.3 is 5.97 Å². The van der Waals surface area contributed by atoms with E-state index in [-0.39, 0.29) is 18.1 Å². The van der Waals surface area contributed by atoms with Crippen molar-refractivity contribution >= 4 is 23.0 Å². The molecule has 5 nitrogen and oxygen atoms in total. The molecule has 5 heteroatoms. The molecule has 2 heterocycles. The molecule has 0 amide bonds. The van der Waals surface area contributed by atoms with Crippen molar-refractivity contribution in [3.8, 4) is 0 Å². The van der Waals surface area contributed by atoms with Crippen molar-refractivity contribution in [3.05, 3.63) is 70.9 Å². The van der Waals surface area contributed by atoms with Crippen molar-refractivity contribution < 1.29 is 9.53 Å². The van der Waals surface area contributed by atoms with Crippen LogP contribution in [0.1, 0.15) is 56.2 Å². The predicted molar refractivity (Wildman–Crippen MR) is 118 cm³/mol. The van der Waals surface area contributed by atoms with Crippen LogP contribution >= 0.6 is 0 Å². The molecular formula is C25H27N3O2. The number of ether oxygens (including phenoxy) is 1. The van der Waals surface area contributed by atoms with Gasteiger partial charge in [0.2, 0.25) is 5.95 Å². The number of hydrogen-bond donors (Lipinski definition) is 1. The smallest absolute Gasteiger partial charge is 0.338 e. The van der Waals surface area contributed by atoms with Crippen molar-refractivity contribution in [1.82, 2.24) is 9.55 Å². The van der Waals surface area contributed by atoms with E-state index in [1.165, 1.54) is 12.0 Å². The lowest BCUT2D eigenvalue weighted by Gasteiger charge is -2.31. The molecule has 2 aliphatic rings. The van der Waals surface area contributed by atoms with Crippen LogP contribution in [0.15, 0.2) is 59.8 Å². The van der Waals surface area contributed by atoms with Crippen molar-refractivity contribution in [2.24, 2.45) is 0 Å². The van der Waals surface area contributed by atoms with Gasteiger partial charge in [-0.05, 0) is 57.2 Å². The van der Waals surface area contributed by atoms with Gasteiger partial charge in [-0.3, -0.25) is 4.57 Å². The van der Waals surface area contributed by atoms with Crippen LogP contribution in [0.4, 0.5) is 5.95 Å². The third-order valence-corrected chi connectivity index (χ3v) is 6.27. The average molecular weight is 402 g/mol. The molecule has 0 spiro atoms. The summed E-state index contributed by atoms with van der Waals surface area (Å²) >= 11 is 0. The first-order valence-electron chi connectivity index (χ1n) is 10.8. The van der Waals surface area contributed by atoms with E-state index < -0.39 is 0 Å². The molecule has 3 aromatic rings. The number of imidazole rings is 1. The molecule has 5 rings (SSSR count). The maximum absolute atomic E-state index is 13.4. The van der Waals surface area contributed by atoms with Gasteiger partial charge in [-0.2, -0.15) is 0 Å². The summed E-state index contributed by atoms with van der Waals surface area (Å²) < 4.78 is 8.14. The second-order valence-electron chi connectivity index (χ2n) is 8.44. The first-order chi connectivity index (χ1) is 14.6. The number of para-hydroxylation sites is 2. The normalized spacial score (nSPS) is 19.5. The minimum absolute atomic E-state index is 0.0196. The summed E-state index contributed by atoms with van der Waals surface area (Å²) in [5.74, 6) is 0.536. The molecule has 1 aliphatic heterocycles. The number of hydrogen-bond acceptors (Lipinski definition) is 4. The van der Waals surface area contributed by atoms with E-state index in [4.69, 9.17) is 9.72 Å². The first-order valence-corrected chi connectivity index (χ1v) is 10.8. The quantitative estimate of drug-likeness (QED) is 0.588. The van der Waals surface area contributed by atoms with Gasteiger partial charge in [0.15, 0.2) is 0 Å². The summed E-state index contributed by atoms with van der Waals surface area (Å²) in [5.41, 5.74) is 5.63. The number of aryl methyl sites for hydroxylation is 1. The summed E-state index contributed by atoms with van der Waals surface area (Å²) in [7, 11) is 0. The number of nitrogens with zero attached hydrogens (tertiary/aromatic N) is 2. The Balaban J connectivity index is 1.62. The Kier molecular flexibility index (Phi) is 4.81. The summed E-state index contributed by atoms with van der Waals surface area (Å²) in [6.45, 7) is 4.02. The first kappa shape index (κ1) is 18.9. The molecule has 1 aliphatic carbocycles. The summed E-state index contributed by atoms with van der Waals surface area (Å²) in [6.07, 6.45) is 5.43. The molecule has 2 aromatic carbocycles. The molecule has 1 atom stereocenters. The van der Waals surface area contributed by atoms with Gasteiger partial charge in [0.1, 0.15) is 6.10 Å². The van der Waals surface area contributed by atoms with Crippen LogP contribution in [-0.4, -0.2) is 21.6 Å². The highest BCUT2D eigenvalue weighted by Crippen LogP contribution is 2.40. The fourth-order valence-corrected chi connectivity index (χ4v) is 4.69. The number of carbonyl (C=O) groups excluding carboxylic acids is 1. The van der Waals surface area contributed by atoms with Crippen LogP contribution in [0.3, 0.4) is 0 Å². The Labute approximate surface area is 176 Å².